The Labute approximate surface area is 149 Å². The minimum Gasteiger partial charge on any atom is -0.463 e. The van der Waals surface area contributed by atoms with E-state index >= 15 is 0 Å². The molecule has 4 rings (SSSR count). The molecule has 128 valence electrons. The van der Waals surface area contributed by atoms with E-state index in [9.17, 15) is 4.79 Å². The van der Waals surface area contributed by atoms with Gasteiger partial charge in [0.2, 0.25) is 0 Å². The highest BCUT2D eigenvalue weighted by Gasteiger charge is 2.24. The molecule has 0 unspecified atom stereocenters. The second kappa shape index (κ2) is 6.74. The topological polar surface area (TPSA) is 60.5 Å². The molecule has 3 aromatic rings. The maximum Gasteiger partial charge on any atom is 0.272 e. The third kappa shape index (κ3) is 3.18. The Morgan fingerprint density at radius 2 is 1.96 bits per heavy atom. The summed E-state index contributed by atoms with van der Waals surface area (Å²) in [6.07, 6.45) is 1.58. The van der Waals surface area contributed by atoms with Crippen molar-refractivity contribution in [1.82, 2.24) is 14.7 Å². The third-order valence-electron chi connectivity index (χ3n) is 4.05. The van der Waals surface area contributed by atoms with Crippen molar-refractivity contribution in [2.75, 3.05) is 26.3 Å². The molecule has 0 saturated carbocycles. The van der Waals surface area contributed by atoms with Gasteiger partial charge >= 0.3 is 0 Å². The molecule has 7 heteroatoms. The Morgan fingerprint density at radius 3 is 2.68 bits per heavy atom. The summed E-state index contributed by atoms with van der Waals surface area (Å²) < 4.78 is 12.4. The fraction of sp³-hybridized carbons (Fsp3) is 0.222. The molecule has 25 heavy (non-hydrogen) atoms. The molecule has 6 nitrogen and oxygen atoms in total. The van der Waals surface area contributed by atoms with Crippen molar-refractivity contribution < 1.29 is 13.9 Å². The number of rotatable bonds is 3. The molecule has 0 N–H and O–H groups in total. The number of carbonyl (C=O) groups is 1. The van der Waals surface area contributed by atoms with Crippen LogP contribution in [0.15, 0.2) is 53.1 Å². The van der Waals surface area contributed by atoms with Crippen LogP contribution in [0.2, 0.25) is 5.02 Å². The van der Waals surface area contributed by atoms with Crippen LogP contribution in [-0.2, 0) is 4.74 Å². The van der Waals surface area contributed by atoms with Crippen molar-refractivity contribution in [3.8, 4) is 17.1 Å². The average Bonchev–Trinajstić information content (AvgIpc) is 3.31. The quantitative estimate of drug-likeness (QED) is 0.722. The monoisotopic (exact) mass is 357 g/mol. The number of halogens is 1. The molecule has 1 saturated heterocycles. The van der Waals surface area contributed by atoms with Crippen molar-refractivity contribution in [3.05, 3.63) is 59.4 Å². The summed E-state index contributed by atoms with van der Waals surface area (Å²) in [6, 6.07) is 12.6. The van der Waals surface area contributed by atoms with E-state index in [0.717, 1.165) is 5.69 Å². The van der Waals surface area contributed by atoms with Gasteiger partial charge in [-0.2, -0.15) is 5.10 Å². The second-order valence-corrected chi connectivity index (χ2v) is 6.12. The highest BCUT2D eigenvalue weighted by Crippen LogP contribution is 2.24. The summed E-state index contributed by atoms with van der Waals surface area (Å²) in [5.41, 5.74) is 1.79. The normalized spacial score (nSPS) is 14.7. The van der Waals surface area contributed by atoms with Gasteiger partial charge in [0.15, 0.2) is 5.76 Å². The van der Waals surface area contributed by atoms with E-state index in [1.54, 1.807) is 40.1 Å². The molecule has 3 heterocycles. The summed E-state index contributed by atoms with van der Waals surface area (Å²) in [4.78, 5) is 14.8. The number of nitrogens with zero attached hydrogens (tertiary/aromatic N) is 3. The molecule has 1 aliphatic heterocycles. The smallest absolute Gasteiger partial charge is 0.272 e. The number of amides is 1. The van der Waals surface area contributed by atoms with Gasteiger partial charge in [0.25, 0.3) is 5.91 Å². The average molecular weight is 358 g/mol. The zero-order valence-corrected chi connectivity index (χ0v) is 14.1. The maximum absolute atomic E-state index is 13.0. The number of furan rings is 1. The van der Waals surface area contributed by atoms with Gasteiger partial charge in [-0.3, -0.25) is 4.79 Å². The largest absolute Gasteiger partial charge is 0.463 e. The first-order valence-electron chi connectivity index (χ1n) is 7.99. The molecule has 1 fully saturated rings. The molecule has 0 bridgehead atoms. The Bertz CT molecular complexity index is 883. The molecule has 1 amide bonds. The summed E-state index contributed by atoms with van der Waals surface area (Å²) in [5.74, 6) is 0.519. The number of aromatic nitrogens is 2. The van der Waals surface area contributed by atoms with Crippen molar-refractivity contribution in [2.45, 2.75) is 0 Å². The number of hydrogen-bond donors (Lipinski definition) is 0. The van der Waals surface area contributed by atoms with Gasteiger partial charge in [-0.1, -0.05) is 17.7 Å². The van der Waals surface area contributed by atoms with Crippen molar-refractivity contribution in [3.63, 3.8) is 0 Å². The predicted octanol–water partition coefficient (Wildman–Crippen LogP) is 3.26. The van der Waals surface area contributed by atoms with Gasteiger partial charge in [-0.05, 0) is 30.3 Å². The lowest BCUT2D eigenvalue weighted by Crippen LogP contribution is -2.41. The van der Waals surface area contributed by atoms with Gasteiger partial charge in [0.05, 0.1) is 25.2 Å². The fourth-order valence-corrected chi connectivity index (χ4v) is 3.00. The van der Waals surface area contributed by atoms with Gasteiger partial charge in [-0.15, -0.1) is 0 Å². The molecule has 0 aliphatic carbocycles. The molecule has 0 atom stereocenters. The van der Waals surface area contributed by atoms with E-state index in [1.807, 2.05) is 18.2 Å². The Hall–Kier alpha value is -2.57. The molecule has 1 aliphatic rings. The number of ether oxygens (including phenoxy) is 1. The Kier molecular flexibility index (Phi) is 4.29. The van der Waals surface area contributed by atoms with Crippen molar-refractivity contribution >= 4 is 17.5 Å². The van der Waals surface area contributed by atoms with Crippen LogP contribution in [0.25, 0.3) is 17.1 Å². The first-order chi connectivity index (χ1) is 12.2. The Balaban J connectivity index is 1.79. The molecular formula is C18H16ClN3O3. The van der Waals surface area contributed by atoms with E-state index in [-0.39, 0.29) is 5.91 Å². The van der Waals surface area contributed by atoms with Crippen LogP contribution < -0.4 is 0 Å². The van der Waals surface area contributed by atoms with Crippen molar-refractivity contribution in [2.24, 2.45) is 0 Å². The van der Waals surface area contributed by atoms with Gasteiger partial charge < -0.3 is 14.1 Å². The minimum absolute atomic E-state index is 0.0893. The number of carbonyl (C=O) groups excluding carboxylic acids is 1. The third-order valence-corrected chi connectivity index (χ3v) is 4.29. The minimum atomic E-state index is -0.0893. The summed E-state index contributed by atoms with van der Waals surface area (Å²) in [5, 5.41) is 5.15. The van der Waals surface area contributed by atoms with Crippen LogP contribution in [0, 0.1) is 0 Å². The number of hydrogen-bond acceptors (Lipinski definition) is 4. The molecule has 2 aromatic heterocycles. The summed E-state index contributed by atoms with van der Waals surface area (Å²) in [7, 11) is 0. The molecular weight excluding hydrogens is 342 g/mol. The SMILES string of the molecule is O=C(c1cc(-c2ccco2)nn1-c1cccc(Cl)c1)N1CCOCC1. The van der Waals surface area contributed by atoms with E-state index in [0.29, 0.717) is 48.5 Å². The van der Waals surface area contributed by atoms with Gasteiger partial charge in [0.1, 0.15) is 11.4 Å². The van der Waals surface area contributed by atoms with Gasteiger partial charge in [0, 0.05) is 24.2 Å². The lowest BCUT2D eigenvalue weighted by atomic mass is 10.2. The lowest BCUT2D eigenvalue weighted by Gasteiger charge is -2.26. The highest BCUT2D eigenvalue weighted by molar-refractivity contribution is 6.30. The van der Waals surface area contributed by atoms with E-state index in [4.69, 9.17) is 20.8 Å². The number of benzene rings is 1. The first kappa shape index (κ1) is 15.9. The highest BCUT2D eigenvalue weighted by atomic mass is 35.5. The first-order valence-corrected chi connectivity index (χ1v) is 8.37. The van der Waals surface area contributed by atoms with Crippen molar-refractivity contribution in [1.29, 1.82) is 0 Å². The van der Waals surface area contributed by atoms with Crippen LogP contribution in [0.3, 0.4) is 0 Å². The van der Waals surface area contributed by atoms with E-state index < -0.39 is 0 Å². The Morgan fingerprint density at radius 1 is 1.12 bits per heavy atom. The lowest BCUT2D eigenvalue weighted by molar-refractivity contribution is 0.0297. The van der Waals surface area contributed by atoms with Gasteiger partial charge in [-0.25, -0.2) is 4.68 Å². The van der Waals surface area contributed by atoms with Crippen LogP contribution in [-0.4, -0.2) is 46.9 Å². The number of morpholine rings is 1. The fourth-order valence-electron chi connectivity index (χ4n) is 2.81. The summed E-state index contributed by atoms with van der Waals surface area (Å²) >= 11 is 6.11. The van der Waals surface area contributed by atoms with Crippen LogP contribution in [0.4, 0.5) is 0 Å². The second-order valence-electron chi connectivity index (χ2n) is 5.69. The van der Waals surface area contributed by atoms with E-state index in [2.05, 4.69) is 5.10 Å². The zero-order chi connectivity index (χ0) is 17.2. The van der Waals surface area contributed by atoms with Crippen LogP contribution >= 0.6 is 11.6 Å². The van der Waals surface area contributed by atoms with Crippen LogP contribution in [0.5, 0.6) is 0 Å². The molecule has 1 aromatic carbocycles. The zero-order valence-electron chi connectivity index (χ0n) is 13.4. The van der Waals surface area contributed by atoms with E-state index in [1.165, 1.54) is 0 Å². The standard InChI is InChI=1S/C18H16ClN3O3/c19-13-3-1-4-14(11-13)22-16(18(23)21-6-9-24-10-7-21)12-15(20-22)17-5-2-8-25-17/h1-5,8,11-12H,6-7,9-10H2. The molecule has 0 spiro atoms. The summed E-state index contributed by atoms with van der Waals surface area (Å²) in [6.45, 7) is 2.22. The maximum atomic E-state index is 13.0. The van der Waals surface area contributed by atoms with Crippen LogP contribution in [0.1, 0.15) is 10.5 Å². The molecule has 0 radical (unpaired) electrons. The predicted molar refractivity (Wildman–Crippen MR) is 93.0 cm³/mol.